The summed E-state index contributed by atoms with van der Waals surface area (Å²) in [6.07, 6.45) is 9.46. The third-order valence-corrected chi connectivity index (χ3v) is 5.42. The Kier molecular flexibility index (Phi) is 4.26. The van der Waals surface area contributed by atoms with Crippen molar-refractivity contribution in [3.05, 3.63) is 35.1 Å². The van der Waals surface area contributed by atoms with Crippen LogP contribution in [-0.4, -0.2) is 18.0 Å². The SMILES string of the molecule is N#Cc1cccc(CN2CCC3(CCCCC3)CC2)c1F. The second-order valence-electron chi connectivity index (χ2n) is 6.73. The Hall–Kier alpha value is -1.40. The zero-order chi connectivity index (χ0) is 14.7. The Balaban J connectivity index is 1.62. The molecule has 2 nitrogen and oxygen atoms in total. The summed E-state index contributed by atoms with van der Waals surface area (Å²) in [7, 11) is 0. The summed E-state index contributed by atoms with van der Waals surface area (Å²) >= 11 is 0. The van der Waals surface area contributed by atoms with Crippen LogP contribution in [0, 0.1) is 22.6 Å². The molecule has 1 saturated carbocycles. The molecule has 0 atom stereocenters. The number of piperidine rings is 1. The first-order chi connectivity index (χ1) is 10.2. The maximum Gasteiger partial charge on any atom is 0.145 e. The summed E-state index contributed by atoms with van der Waals surface area (Å²) in [6, 6.07) is 7.06. The summed E-state index contributed by atoms with van der Waals surface area (Å²) in [5, 5.41) is 8.91. The van der Waals surface area contributed by atoms with Crippen molar-refractivity contribution in [3.63, 3.8) is 0 Å². The Morgan fingerprint density at radius 1 is 1.10 bits per heavy atom. The lowest BCUT2D eigenvalue weighted by Gasteiger charge is -2.44. The molecule has 1 spiro atoms. The van der Waals surface area contributed by atoms with Crippen molar-refractivity contribution in [2.45, 2.75) is 51.5 Å². The number of benzene rings is 1. The van der Waals surface area contributed by atoms with Crippen molar-refractivity contribution >= 4 is 0 Å². The Labute approximate surface area is 126 Å². The molecule has 112 valence electrons. The number of rotatable bonds is 2. The van der Waals surface area contributed by atoms with Gasteiger partial charge in [0.1, 0.15) is 11.9 Å². The van der Waals surface area contributed by atoms with Gasteiger partial charge in [0, 0.05) is 12.1 Å². The molecule has 2 fully saturated rings. The topological polar surface area (TPSA) is 27.0 Å². The van der Waals surface area contributed by atoms with Crippen molar-refractivity contribution in [3.8, 4) is 6.07 Å². The van der Waals surface area contributed by atoms with Gasteiger partial charge in [0.2, 0.25) is 0 Å². The fraction of sp³-hybridized carbons (Fsp3) is 0.611. The van der Waals surface area contributed by atoms with E-state index < -0.39 is 0 Å². The van der Waals surface area contributed by atoms with Crippen LogP contribution in [0.3, 0.4) is 0 Å². The molecule has 0 bridgehead atoms. The van der Waals surface area contributed by atoms with Crippen LogP contribution in [0.15, 0.2) is 18.2 Å². The number of hydrogen-bond donors (Lipinski definition) is 0. The van der Waals surface area contributed by atoms with Crippen LogP contribution in [-0.2, 0) is 6.54 Å². The molecule has 1 aromatic rings. The van der Waals surface area contributed by atoms with Gasteiger partial charge in [-0.3, -0.25) is 4.90 Å². The summed E-state index contributed by atoms with van der Waals surface area (Å²) in [5.41, 5.74) is 1.41. The van der Waals surface area contributed by atoms with Crippen LogP contribution in [0.5, 0.6) is 0 Å². The van der Waals surface area contributed by atoms with Gasteiger partial charge in [-0.25, -0.2) is 4.39 Å². The lowest BCUT2D eigenvalue weighted by molar-refractivity contribution is 0.0636. The molecule has 0 aromatic heterocycles. The number of hydrogen-bond acceptors (Lipinski definition) is 2. The highest BCUT2D eigenvalue weighted by molar-refractivity contribution is 5.34. The maximum atomic E-state index is 14.1. The summed E-state index contributed by atoms with van der Waals surface area (Å²) in [4.78, 5) is 2.35. The van der Waals surface area contributed by atoms with Crippen LogP contribution in [0.1, 0.15) is 56.1 Å². The summed E-state index contributed by atoms with van der Waals surface area (Å²) < 4.78 is 14.1. The predicted molar refractivity (Wildman–Crippen MR) is 81.1 cm³/mol. The Bertz CT molecular complexity index is 531. The first-order valence-corrected chi connectivity index (χ1v) is 8.12. The van der Waals surface area contributed by atoms with E-state index in [1.807, 2.05) is 6.07 Å². The van der Waals surface area contributed by atoms with Gasteiger partial charge in [0.25, 0.3) is 0 Å². The van der Waals surface area contributed by atoms with Crippen LogP contribution >= 0.6 is 0 Å². The number of likely N-dealkylation sites (tertiary alicyclic amines) is 1. The van der Waals surface area contributed by atoms with Crippen LogP contribution < -0.4 is 0 Å². The molecule has 0 N–H and O–H groups in total. The molecule has 3 rings (SSSR count). The second kappa shape index (κ2) is 6.15. The third kappa shape index (κ3) is 3.11. The summed E-state index contributed by atoms with van der Waals surface area (Å²) in [5.74, 6) is -0.335. The zero-order valence-corrected chi connectivity index (χ0v) is 12.6. The smallest absolute Gasteiger partial charge is 0.145 e. The Morgan fingerprint density at radius 2 is 1.81 bits per heavy atom. The molecule has 0 unspecified atom stereocenters. The second-order valence-corrected chi connectivity index (χ2v) is 6.73. The highest BCUT2D eigenvalue weighted by atomic mass is 19.1. The van der Waals surface area contributed by atoms with Gasteiger partial charge in [0.05, 0.1) is 5.56 Å². The van der Waals surface area contributed by atoms with Crippen LogP contribution in [0.4, 0.5) is 4.39 Å². The molecule has 1 saturated heterocycles. The van der Waals surface area contributed by atoms with Gasteiger partial charge >= 0.3 is 0 Å². The average Bonchev–Trinajstić information content (AvgIpc) is 2.53. The number of halogens is 1. The predicted octanol–water partition coefficient (Wildman–Crippen LogP) is 4.24. The Morgan fingerprint density at radius 3 is 2.48 bits per heavy atom. The highest BCUT2D eigenvalue weighted by Crippen LogP contribution is 2.44. The normalized spacial score (nSPS) is 22.1. The van der Waals surface area contributed by atoms with E-state index in [0.29, 0.717) is 17.5 Å². The van der Waals surface area contributed by atoms with Gasteiger partial charge in [0.15, 0.2) is 0 Å². The number of nitrogens with zero attached hydrogens (tertiary/aromatic N) is 2. The fourth-order valence-electron chi connectivity index (χ4n) is 4.02. The molecule has 1 heterocycles. The molecule has 0 amide bonds. The molecular weight excluding hydrogens is 263 g/mol. The van der Waals surface area contributed by atoms with Crippen LogP contribution in [0.2, 0.25) is 0 Å². The molecule has 2 aliphatic rings. The summed E-state index contributed by atoms with van der Waals surface area (Å²) in [6.45, 7) is 2.77. The van der Waals surface area contributed by atoms with Gasteiger partial charge in [-0.1, -0.05) is 31.4 Å². The van der Waals surface area contributed by atoms with Gasteiger partial charge in [-0.15, -0.1) is 0 Å². The molecule has 1 aromatic carbocycles. The fourth-order valence-corrected chi connectivity index (χ4v) is 4.02. The first kappa shape index (κ1) is 14.5. The van der Waals surface area contributed by atoms with E-state index in [0.717, 1.165) is 13.1 Å². The van der Waals surface area contributed by atoms with Crippen molar-refractivity contribution in [1.82, 2.24) is 4.90 Å². The van der Waals surface area contributed by atoms with Crippen molar-refractivity contribution < 1.29 is 4.39 Å². The van der Waals surface area contributed by atoms with Crippen molar-refractivity contribution in [1.29, 1.82) is 5.26 Å². The van der Waals surface area contributed by atoms with E-state index in [2.05, 4.69) is 4.90 Å². The molecule has 21 heavy (non-hydrogen) atoms. The van der Waals surface area contributed by atoms with Gasteiger partial charge in [-0.2, -0.15) is 5.26 Å². The molecule has 0 radical (unpaired) electrons. The molecule has 1 aliphatic carbocycles. The van der Waals surface area contributed by atoms with Gasteiger partial charge in [-0.05, 0) is 50.3 Å². The molecule has 1 aliphatic heterocycles. The first-order valence-electron chi connectivity index (χ1n) is 8.12. The molecular formula is C18H23FN2. The minimum Gasteiger partial charge on any atom is -0.299 e. The van der Waals surface area contributed by atoms with Crippen molar-refractivity contribution in [2.24, 2.45) is 5.41 Å². The highest BCUT2D eigenvalue weighted by Gasteiger charge is 2.35. The van der Waals surface area contributed by atoms with E-state index in [9.17, 15) is 4.39 Å². The largest absolute Gasteiger partial charge is 0.299 e. The van der Waals surface area contributed by atoms with Crippen molar-refractivity contribution in [2.75, 3.05) is 13.1 Å². The minimum absolute atomic E-state index is 0.160. The van der Waals surface area contributed by atoms with E-state index >= 15 is 0 Å². The monoisotopic (exact) mass is 286 g/mol. The van der Waals surface area contributed by atoms with E-state index in [-0.39, 0.29) is 11.4 Å². The van der Waals surface area contributed by atoms with Gasteiger partial charge < -0.3 is 0 Å². The number of nitriles is 1. The van der Waals surface area contributed by atoms with E-state index in [1.54, 1.807) is 18.2 Å². The third-order valence-electron chi connectivity index (χ3n) is 5.42. The van der Waals surface area contributed by atoms with E-state index in [4.69, 9.17) is 5.26 Å². The van der Waals surface area contributed by atoms with Crippen LogP contribution in [0.25, 0.3) is 0 Å². The lowest BCUT2D eigenvalue weighted by atomic mass is 9.68. The standard InChI is InChI=1S/C18H23FN2/c19-17-15(13-20)5-4-6-16(17)14-21-11-9-18(10-12-21)7-2-1-3-8-18/h4-6H,1-3,7-12,14H2. The lowest BCUT2D eigenvalue weighted by Crippen LogP contribution is -2.40. The minimum atomic E-state index is -0.335. The average molecular weight is 286 g/mol. The quantitative estimate of drug-likeness (QED) is 0.813. The maximum absolute atomic E-state index is 14.1. The zero-order valence-electron chi connectivity index (χ0n) is 12.6. The van der Waals surface area contributed by atoms with E-state index in [1.165, 1.54) is 44.9 Å². The molecule has 3 heteroatoms.